The van der Waals surface area contributed by atoms with Crippen molar-refractivity contribution in [3.05, 3.63) is 23.8 Å². The minimum atomic E-state index is -0.595. The second-order valence-electron chi connectivity index (χ2n) is 4.55. The summed E-state index contributed by atoms with van der Waals surface area (Å²) in [6, 6.07) is 0. The van der Waals surface area contributed by atoms with Gasteiger partial charge in [-0.1, -0.05) is 0 Å². The van der Waals surface area contributed by atoms with Gasteiger partial charge < -0.3 is 15.2 Å². The maximum absolute atomic E-state index is 12.0. The van der Waals surface area contributed by atoms with Crippen LogP contribution in [0.4, 0.5) is 0 Å². The lowest BCUT2D eigenvalue weighted by atomic mass is 9.91. The number of rotatable bonds is 3. The van der Waals surface area contributed by atoms with Crippen molar-refractivity contribution in [2.24, 2.45) is 0 Å². The lowest BCUT2D eigenvalue weighted by molar-refractivity contribution is 0.0124. The van der Waals surface area contributed by atoms with Gasteiger partial charge in [0.05, 0.1) is 24.0 Å². The maximum atomic E-state index is 12.0. The van der Waals surface area contributed by atoms with E-state index in [9.17, 15) is 9.90 Å². The number of amides is 1. The molecule has 1 aromatic heterocycles. The molecule has 1 aliphatic rings. The third kappa shape index (κ3) is 2.83. The Balaban J connectivity index is 2.07. The highest BCUT2D eigenvalue weighted by molar-refractivity contribution is 5.92. The number of hydrogen-bond acceptors (Lipinski definition) is 5. The molecule has 18 heavy (non-hydrogen) atoms. The van der Waals surface area contributed by atoms with Crippen LogP contribution in [0, 0.1) is 6.92 Å². The van der Waals surface area contributed by atoms with Crippen LogP contribution in [-0.2, 0) is 4.74 Å². The highest BCUT2D eigenvalue weighted by Crippen LogP contribution is 2.20. The molecule has 0 unspecified atom stereocenters. The second kappa shape index (κ2) is 5.41. The lowest BCUT2D eigenvalue weighted by Crippen LogP contribution is -2.54. The van der Waals surface area contributed by atoms with Crippen molar-refractivity contribution in [2.45, 2.75) is 25.3 Å². The summed E-state index contributed by atoms with van der Waals surface area (Å²) in [4.78, 5) is 20.1. The van der Waals surface area contributed by atoms with E-state index in [4.69, 9.17) is 4.74 Å². The van der Waals surface area contributed by atoms with Crippen molar-refractivity contribution >= 4 is 5.91 Å². The number of carbonyl (C=O) groups excluding carboxylic acids is 1. The topological polar surface area (TPSA) is 84.3 Å². The van der Waals surface area contributed by atoms with Crippen molar-refractivity contribution in [3.63, 3.8) is 0 Å². The molecule has 1 fully saturated rings. The highest BCUT2D eigenvalue weighted by atomic mass is 16.5. The van der Waals surface area contributed by atoms with E-state index in [0.717, 1.165) is 5.69 Å². The van der Waals surface area contributed by atoms with Crippen LogP contribution >= 0.6 is 0 Å². The van der Waals surface area contributed by atoms with Gasteiger partial charge in [-0.25, -0.2) is 4.98 Å². The normalized spacial score (nSPS) is 18.3. The van der Waals surface area contributed by atoms with Gasteiger partial charge in [0.2, 0.25) is 0 Å². The number of nitrogens with zero attached hydrogens (tertiary/aromatic N) is 2. The SMILES string of the molecule is Cc1cnc(C(=O)NC2(CO)CCOCC2)cn1. The number of aliphatic hydroxyl groups excluding tert-OH is 1. The van der Waals surface area contributed by atoms with Gasteiger partial charge in [-0.05, 0) is 19.8 Å². The molecule has 1 aromatic rings. The molecule has 0 atom stereocenters. The molecule has 0 spiro atoms. The highest BCUT2D eigenvalue weighted by Gasteiger charge is 2.34. The zero-order valence-corrected chi connectivity index (χ0v) is 10.3. The van der Waals surface area contributed by atoms with Crippen LogP contribution < -0.4 is 5.32 Å². The van der Waals surface area contributed by atoms with Crippen LogP contribution in [0.15, 0.2) is 12.4 Å². The molecule has 0 saturated carbocycles. The molecule has 0 radical (unpaired) electrons. The molecule has 1 saturated heterocycles. The molecule has 2 rings (SSSR count). The molecule has 0 aromatic carbocycles. The summed E-state index contributed by atoms with van der Waals surface area (Å²) in [7, 11) is 0. The molecule has 1 aliphatic heterocycles. The van der Waals surface area contributed by atoms with E-state index >= 15 is 0 Å². The van der Waals surface area contributed by atoms with Gasteiger partial charge >= 0.3 is 0 Å². The van der Waals surface area contributed by atoms with Crippen molar-refractivity contribution in [3.8, 4) is 0 Å². The summed E-state index contributed by atoms with van der Waals surface area (Å²) in [5, 5.41) is 12.3. The Morgan fingerprint density at radius 1 is 1.44 bits per heavy atom. The molecule has 6 nitrogen and oxygen atoms in total. The van der Waals surface area contributed by atoms with Crippen LogP contribution in [-0.4, -0.2) is 46.3 Å². The average Bonchev–Trinajstić information content (AvgIpc) is 2.40. The molecular weight excluding hydrogens is 234 g/mol. The van der Waals surface area contributed by atoms with Gasteiger partial charge in [-0.2, -0.15) is 0 Å². The van der Waals surface area contributed by atoms with Gasteiger partial charge in [0, 0.05) is 19.4 Å². The lowest BCUT2D eigenvalue weighted by Gasteiger charge is -2.36. The number of aromatic nitrogens is 2. The van der Waals surface area contributed by atoms with Crippen molar-refractivity contribution < 1.29 is 14.6 Å². The summed E-state index contributed by atoms with van der Waals surface area (Å²) in [6.07, 6.45) is 4.20. The summed E-state index contributed by atoms with van der Waals surface area (Å²) in [5.74, 6) is -0.307. The van der Waals surface area contributed by atoms with Crippen LogP contribution in [0.1, 0.15) is 29.0 Å². The third-order valence-corrected chi connectivity index (χ3v) is 3.14. The van der Waals surface area contributed by atoms with Crippen LogP contribution in [0.3, 0.4) is 0 Å². The van der Waals surface area contributed by atoms with Crippen molar-refractivity contribution in [1.29, 1.82) is 0 Å². The number of hydrogen-bond donors (Lipinski definition) is 2. The first-order chi connectivity index (χ1) is 8.65. The van der Waals surface area contributed by atoms with Gasteiger partial charge in [-0.3, -0.25) is 9.78 Å². The predicted molar refractivity (Wildman–Crippen MR) is 64.1 cm³/mol. The largest absolute Gasteiger partial charge is 0.394 e. The second-order valence-corrected chi connectivity index (χ2v) is 4.55. The fourth-order valence-corrected chi connectivity index (χ4v) is 1.90. The number of carbonyl (C=O) groups is 1. The Morgan fingerprint density at radius 3 is 2.72 bits per heavy atom. The Bertz CT molecular complexity index is 413. The quantitative estimate of drug-likeness (QED) is 0.793. The summed E-state index contributed by atoms with van der Waals surface area (Å²) < 4.78 is 5.24. The van der Waals surface area contributed by atoms with Gasteiger partial charge in [0.25, 0.3) is 5.91 Å². The van der Waals surface area contributed by atoms with Crippen LogP contribution in [0.5, 0.6) is 0 Å². The van der Waals surface area contributed by atoms with E-state index in [1.807, 2.05) is 6.92 Å². The van der Waals surface area contributed by atoms with Gasteiger partial charge in [0.1, 0.15) is 5.69 Å². The zero-order valence-electron chi connectivity index (χ0n) is 10.3. The predicted octanol–water partition coefficient (Wildman–Crippen LogP) is 0.0563. The first-order valence-electron chi connectivity index (χ1n) is 5.95. The van der Waals surface area contributed by atoms with Gasteiger partial charge in [-0.15, -0.1) is 0 Å². The number of nitrogens with one attached hydrogen (secondary N) is 1. The molecule has 0 bridgehead atoms. The van der Waals surface area contributed by atoms with E-state index < -0.39 is 5.54 Å². The average molecular weight is 251 g/mol. The smallest absolute Gasteiger partial charge is 0.271 e. The molecule has 98 valence electrons. The molecular formula is C12H17N3O3. The van der Waals surface area contributed by atoms with Gasteiger partial charge in [0.15, 0.2) is 0 Å². The molecule has 2 heterocycles. The molecule has 6 heteroatoms. The van der Waals surface area contributed by atoms with Crippen molar-refractivity contribution in [1.82, 2.24) is 15.3 Å². The third-order valence-electron chi connectivity index (χ3n) is 3.14. The zero-order chi connectivity index (χ0) is 13.0. The minimum Gasteiger partial charge on any atom is -0.394 e. The standard InChI is InChI=1S/C12H17N3O3/c1-9-6-14-10(7-13-9)11(17)15-12(8-16)2-4-18-5-3-12/h6-7,16H,2-5,8H2,1H3,(H,15,17). The molecule has 2 N–H and O–H groups in total. The first kappa shape index (κ1) is 12.9. The van der Waals surface area contributed by atoms with E-state index in [0.29, 0.717) is 26.1 Å². The Labute approximate surface area is 105 Å². The first-order valence-corrected chi connectivity index (χ1v) is 5.95. The number of aliphatic hydroxyl groups is 1. The Kier molecular flexibility index (Phi) is 3.88. The monoisotopic (exact) mass is 251 g/mol. The summed E-state index contributed by atoms with van der Waals surface area (Å²) >= 11 is 0. The maximum Gasteiger partial charge on any atom is 0.271 e. The molecule has 0 aliphatic carbocycles. The van der Waals surface area contributed by atoms with E-state index in [-0.39, 0.29) is 18.2 Å². The Morgan fingerprint density at radius 2 is 2.17 bits per heavy atom. The summed E-state index contributed by atoms with van der Waals surface area (Å²) in [5.41, 5.74) is 0.427. The Hall–Kier alpha value is -1.53. The van der Waals surface area contributed by atoms with Crippen LogP contribution in [0.25, 0.3) is 0 Å². The van der Waals surface area contributed by atoms with E-state index in [1.165, 1.54) is 6.20 Å². The fraction of sp³-hybridized carbons (Fsp3) is 0.583. The summed E-state index contributed by atoms with van der Waals surface area (Å²) in [6.45, 7) is 2.80. The molecule has 1 amide bonds. The van der Waals surface area contributed by atoms with E-state index in [2.05, 4.69) is 15.3 Å². The van der Waals surface area contributed by atoms with Crippen LogP contribution in [0.2, 0.25) is 0 Å². The number of ether oxygens (including phenoxy) is 1. The van der Waals surface area contributed by atoms with Crippen molar-refractivity contribution in [2.75, 3.05) is 19.8 Å². The number of aryl methyl sites for hydroxylation is 1. The van der Waals surface area contributed by atoms with E-state index in [1.54, 1.807) is 6.20 Å². The fourth-order valence-electron chi connectivity index (χ4n) is 1.90. The minimum absolute atomic E-state index is 0.0958.